The van der Waals surface area contributed by atoms with Crippen LogP contribution in [-0.4, -0.2) is 114 Å². The van der Waals surface area contributed by atoms with Gasteiger partial charge in [0.2, 0.25) is 17.7 Å². The zero-order valence-electron chi connectivity index (χ0n) is 33.8. The van der Waals surface area contributed by atoms with E-state index in [4.69, 9.17) is 4.74 Å². The lowest BCUT2D eigenvalue weighted by molar-refractivity contribution is -0.150. The Hall–Kier alpha value is -4.70. The summed E-state index contributed by atoms with van der Waals surface area (Å²) in [5.74, 6) is -0.382. The Morgan fingerprint density at radius 3 is 2.15 bits per heavy atom. The molecule has 3 atom stereocenters. The van der Waals surface area contributed by atoms with E-state index in [9.17, 15) is 19.2 Å². The maximum absolute atomic E-state index is 14.8. The quantitative estimate of drug-likeness (QED) is 0.194. The number of nitrogens with one attached hydrogen (secondary N) is 1. The molecule has 54 heavy (non-hydrogen) atoms. The molecule has 1 N–H and O–H groups in total. The van der Waals surface area contributed by atoms with Crippen molar-refractivity contribution in [1.29, 1.82) is 0 Å². The highest BCUT2D eigenvalue weighted by molar-refractivity contribution is 5.95. The van der Waals surface area contributed by atoms with Crippen LogP contribution >= 0.6 is 0 Å². The molecule has 10 heteroatoms. The number of hydrogen-bond acceptors (Lipinski definition) is 6. The number of benzene rings is 3. The number of hydrogen-bond donors (Lipinski definition) is 1. The summed E-state index contributed by atoms with van der Waals surface area (Å²) in [5, 5.41) is 4.99. The number of piperidine rings is 1. The van der Waals surface area contributed by atoms with E-state index >= 15 is 0 Å². The first-order chi connectivity index (χ1) is 25.4. The van der Waals surface area contributed by atoms with Crippen LogP contribution in [0.25, 0.3) is 10.8 Å². The van der Waals surface area contributed by atoms with E-state index in [1.807, 2.05) is 85.5 Å². The van der Waals surface area contributed by atoms with Gasteiger partial charge in [-0.25, -0.2) is 4.79 Å². The lowest BCUT2D eigenvalue weighted by Gasteiger charge is -2.39. The second kappa shape index (κ2) is 18.6. The average Bonchev–Trinajstić information content (AvgIpc) is 3.10. The molecule has 0 radical (unpaired) electrons. The molecule has 1 fully saturated rings. The Morgan fingerprint density at radius 1 is 0.833 bits per heavy atom. The Bertz CT molecular complexity index is 1770. The average molecular weight is 740 g/mol. The molecule has 10 nitrogen and oxygen atoms in total. The van der Waals surface area contributed by atoms with Crippen molar-refractivity contribution in [2.75, 3.05) is 47.8 Å². The van der Waals surface area contributed by atoms with E-state index in [0.29, 0.717) is 31.8 Å². The van der Waals surface area contributed by atoms with Gasteiger partial charge < -0.3 is 29.7 Å². The number of ether oxygens (including phenoxy) is 1. The van der Waals surface area contributed by atoms with Gasteiger partial charge in [0.25, 0.3) is 0 Å². The maximum Gasteiger partial charge on any atom is 0.408 e. The number of likely N-dealkylation sites (N-methyl/N-ethyl adjacent to an activating group) is 2. The van der Waals surface area contributed by atoms with Gasteiger partial charge in [0, 0.05) is 52.1 Å². The van der Waals surface area contributed by atoms with Crippen molar-refractivity contribution in [2.24, 2.45) is 5.92 Å². The van der Waals surface area contributed by atoms with Gasteiger partial charge in [-0.15, -0.1) is 0 Å². The molecule has 3 aromatic rings. The van der Waals surface area contributed by atoms with Crippen LogP contribution in [0.1, 0.15) is 65.0 Å². The molecule has 0 saturated carbocycles. The lowest BCUT2D eigenvalue weighted by Crippen LogP contribution is -2.57. The zero-order chi connectivity index (χ0) is 39.6. The van der Waals surface area contributed by atoms with E-state index in [0.717, 1.165) is 41.3 Å². The van der Waals surface area contributed by atoms with Crippen LogP contribution in [-0.2, 0) is 32.0 Å². The van der Waals surface area contributed by atoms with Crippen molar-refractivity contribution in [1.82, 2.24) is 24.9 Å². The molecular formula is C44H61N5O5. The third-order valence-corrected chi connectivity index (χ3v) is 9.90. The third-order valence-electron chi connectivity index (χ3n) is 9.90. The van der Waals surface area contributed by atoms with Gasteiger partial charge in [0.15, 0.2) is 0 Å². The monoisotopic (exact) mass is 739 g/mol. The Balaban J connectivity index is 1.62. The molecule has 1 aliphatic rings. The molecule has 0 unspecified atom stereocenters. The van der Waals surface area contributed by atoms with E-state index in [1.165, 1.54) is 11.0 Å². The first kappa shape index (κ1) is 42.0. The standard InChI is InChI=1S/C44H61N5O5/c1-43(2,3)54-42(53)45-44(4,5)25-15-22-39(50)47(8)37(29-33-23-24-35-20-13-14-21-36(35)27-33)40(51)48(9)38(28-32-17-11-10-12-18-32)41(52)49-26-16-19-34(31-49)30-46(6)7/h10-15,17-18,20-24,27,34,37-38H,16,19,25-26,28-31H2,1-9H3,(H,45,53)/b22-15+/t34-,37+,38+/m0/s1. The summed E-state index contributed by atoms with van der Waals surface area (Å²) in [6, 6.07) is 22.3. The summed E-state index contributed by atoms with van der Waals surface area (Å²) in [6.07, 6.45) is 5.57. The molecule has 0 aromatic heterocycles. The van der Waals surface area contributed by atoms with Gasteiger partial charge in [-0.2, -0.15) is 0 Å². The van der Waals surface area contributed by atoms with Crippen molar-refractivity contribution >= 4 is 34.6 Å². The van der Waals surface area contributed by atoms with Crippen LogP contribution in [0.4, 0.5) is 4.79 Å². The van der Waals surface area contributed by atoms with Crippen LogP contribution in [0, 0.1) is 5.92 Å². The summed E-state index contributed by atoms with van der Waals surface area (Å²) < 4.78 is 5.41. The SMILES string of the molecule is CN(C)C[C@@H]1CCCN(C(=O)[C@@H](Cc2ccccc2)N(C)C(=O)[C@@H](Cc2ccc3ccccc3c2)N(C)C(=O)/C=C/CC(C)(C)NC(=O)OC(C)(C)C)C1. The molecule has 292 valence electrons. The molecule has 3 aromatic carbocycles. The van der Waals surface area contributed by atoms with E-state index in [-0.39, 0.29) is 24.1 Å². The van der Waals surface area contributed by atoms with Crippen molar-refractivity contribution in [3.63, 3.8) is 0 Å². The molecular weight excluding hydrogens is 679 g/mol. The molecule has 4 rings (SSSR count). The molecule has 0 spiro atoms. The third kappa shape index (κ3) is 12.4. The van der Waals surface area contributed by atoms with E-state index in [1.54, 1.807) is 45.8 Å². The largest absolute Gasteiger partial charge is 0.444 e. The number of alkyl carbamates (subject to hydrolysis) is 1. The minimum Gasteiger partial charge on any atom is -0.444 e. The smallest absolute Gasteiger partial charge is 0.408 e. The molecule has 0 bridgehead atoms. The first-order valence-corrected chi connectivity index (χ1v) is 19.1. The van der Waals surface area contributed by atoms with E-state index in [2.05, 4.69) is 30.4 Å². The number of carbonyl (C=O) groups excluding carboxylic acids is 4. The van der Waals surface area contributed by atoms with Crippen molar-refractivity contribution < 1.29 is 23.9 Å². The van der Waals surface area contributed by atoms with Gasteiger partial charge in [-0.1, -0.05) is 78.9 Å². The molecule has 1 heterocycles. The molecule has 1 aliphatic heterocycles. The van der Waals surface area contributed by atoms with Crippen LogP contribution in [0.5, 0.6) is 0 Å². The highest BCUT2D eigenvalue weighted by Gasteiger charge is 2.38. The topological polar surface area (TPSA) is 103 Å². The summed E-state index contributed by atoms with van der Waals surface area (Å²) in [4.78, 5) is 62.7. The molecule has 0 aliphatic carbocycles. The lowest BCUT2D eigenvalue weighted by atomic mass is 9.95. The summed E-state index contributed by atoms with van der Waals surface area (Å²) in [6.45, 7) is 11.3. The predicted molar refractivity (Wildman–Crippen MR) is 216 cm³/mol. The predicted octanol–water partition coefficient (Wildman–Crippen LogP) is 6.33. The van der Waals surface area contributed by atoms with Crippen LogP contribution in [0.2, 0.25) is 0 Å². The summed E-state index contributed by atoms with van der Waals surface area (Å²) >= 11 is 0. The Labute approximate surface area is 322 Å². The second-order valence-electron chi connectivity index (χ2n) is 16.7. The van der Waals surface area contributed by atoms with Gasteiger partial charge in [-0.3, -0.25) is 14.4 Å². The highest BCUT2D eigenvalue weighted by atomic mass is 16.6. The fourth-order valence-electron chi connectivity index (χ4n) is 7.09. The Kier molecular flexibility index (Phi) is 14.5. The first-order valence-electron chi connectivity index (χ1n) is 19.1. The molecule has 4 amide bonds. The van der Waals surface area contributed by atoms with Crippen LogP contribution in [0.3, 0.4) is 0 Å². The maximum atomic E-state index is 14.8. The van der Waals surface area contributed by atoms with Gasteiger partial charge >= 0.3 is 6.09 Å². The van der Waals surface area contributed by atoms with Gasteiger partial charge in [0.1, 0.15) is 17.7 Å². The number of nitrogens with zero attached hydrogens (tertiary/aromatic N) is 4. The molecule has 1 saturated heterocycles. The summed E-state index contributed by atoms with van der Waals surface area (Å²) in [7, 11) is 7.44. The van der Waals surface area contributed by atoms with E-state index < -0.39 is 29.3 Å². The van der Waals surface area contributed by atoms with Crippen molar-refractivity contribution in [3.05, 3.63) is 96.1 Å². The second-order valence-corrected chi connectivity index (χ2v) is 16.7. The number of amides is 4. The minimum absolute atomic E-state index is 0.0730. The minimum atomic E-state index is -0.893. The fraction of sp³-hybridized carbons (Fsp3) is 0.500. The number of fused-ring (bicyclic) bond motifs is 1. The van der Waals surface area contributed by atoms with Gasteiger partial charge in [-0.05, 0) is 102 Å². The fourth-order valence-corrected chi connectivity index (χ4v) is 7.09. The van der Waals surface area contributed by atoms with Crippen LogP contribution in [0.15, 0.2) is 84.9 Å². The normalized spacial score (nSPS) is 16.3. The summed E-state index contributed by atoms with van der Waals surface area (Å²) in [5.41, 5.74) is 0.531. The number of likely N-dealkylation sites (tertiary alicyclic amines) is 1. The Morgan fingerprint density at radius 2 is 1.48 bits per heavy atom. The van der Waals surface area contributed by atoms with Crippen LogP contribution < -0.4 is 5.32 Å². The van der Waals surface area contributed by atoms with Crippen molar-refractivity contribution in [3.8, 4) is 0 Å². The highest BCUT2D eigenvalue weighted by Crippen LogP contribution is 2.23. The van der Waals surface area contributed by atoms with Gasteiger partial charge in [0.05, 0.1) is 0 Å². The number of rotatable bonds is 14. The zero-order valence-corrected chi connectivity index (χ0v) is 33.8. The number of carbonyl (C=O) groups is 4. The van der Waals surface area contributed by atoms with Crippen molar-refractivity contribution in [2.45, 2.75) is 89.9 Å².